The first-order valence-electron chi connectivity index (χ1n) is 6.00. The van der Waals surface area contributed by atoms with Crippen molar-refractivity contribution in [2.45, 2.75) is 0 Å². The zero-order valence-corrected chi connectivity index (χ0v) is 11.7. The summed E-state index contributed by atoms with van der Waals surface area (Å²) in [5.74, 6) is -1.20. The molecule has 21 heavy (non-hydrogen) atoms. The molecule has 3 N–H and O–H groups in total. The summed E-state index contributed by atoms with van der Waals surface area (Å²) in [6.07, 6.45) is 1.23. The fraction of sp³-hybridized carbons (Fsp3) is 0.250. The second-order valence-electron chi connectivity index (χ2n) is 4.15. The molecule has 0 aliphatic carbocycles. The van der Waals surface area contributed by atoms with E-state index in [0.29, 0.717) is 0 Å². The lowest BCUT2D eigenvalue weighted by Gasteiger charge is -2.13. The van der Waals surface area contributed by atoms with Crippen LogP contribution in [0.3, 0.4) is 0 Å². The van der Waals surface area contributed by atoms with E-state index in [1.54, 1.807) is 0 Å². The second kappa shape index (κ2) is 6.35. The number of hydrogen-bond donors (Lipinski definition) is 2. The molecular formula is C12H12N4O4S. The molecule has 8 nitrogen and oxygen atoms in total. The highest BCUT2D eigenvalue weighted by molar-refractivity contribution is 8.14. The second-order valence-corrected chi connectivity index (χ2v) is 5.08. The number of pyridine rings is 1. The van der Waals surface area contributed by atoms with E-state index in [4.69, 9.17) is 5.73 Å². The number of carbonyl (C=O) groups excluding carboxylic acids is 4. The molecule has 1 fully saturated rings. The maximum atomic E-state index is 11.8. The third kappa shape index (κ3) is 3.57. The summed E-state index contributed by atoms with van der Waals surface area (Å²) in [4.78, 5) is 50.2. The first-order valence-corrected chi connectivity index (χ1v) is 6.99. The maximum Gasteiger partial charge on any atom is 0.288 e. The van der Waals surface area contributed by atoms with E-state index in [1.165, 1.54) is 18.3 Å². The number of thioether (sulfide) groups is 1. The molecule has 0 aromatic carbocycles. The summed E-state index contributed by atoms with van der Waals surface area (Å²) in [5, 5.41) is 2.26. The number of aromatic nitrogens is 1. The molecule has 1 saturated heterocycles. The first-order chi connectivity index (χ1) is 9.99. The molecule has 1 aromatic rings. The summed E-state index contributed by atoms with van der Waals surface area (Å²) in [6.45, 7) is 0.275. The average molecular weight is 308 g/mol. The van der Waals surface area contributed by atoms with Crippen LogP contribution in [-0.2, 0) is 4.79 Å². The van der Waals surface area contributed by atoms with Gasteiger partial charge in [-0.3, -0.25) is 29.1 Å². The third-order valence-electron chi connectivity index (χ3n) is 2.74. The molecule has 2 heterocycles. The van der Waals surface area contributed by atoms with Crippen LogP contribution in [0.5, 0.6) is 0 Å². The largest absolute Gasteiger partial charge is 0.364 e. The molecule has 0 bridgehead atoms. The number of imide groups is 1. The van der Waals surface area contributed by atoms with E-state index < -0.39 is 11.8 Å². The Balaban J connectivity index is 1.85. The van der Waals surface area contributed by atoms with Gasteiger partial charge in [0.25, 0.3) is 17.1 Å². The van der Waals surface area contributed by atoms with Gasteiger partial charge in [-0.05, 0) is 12.1 Å². The Morgan fingerprint density at radius 3 is 2.67 bits per heavy atom. The highest BCUT2D eigenvalue weighted by Gasteiger charge is 2.29. The Bertz CT molecular complexity index is 586. The van der Waals surface area contributed by atoms with Crippen molar-refractivity contribution in [2.24, 2.45) is 5.73 Å². The molecule has 1 aliphatic rings. The normalized spacial score (nSPS) is 14.4. The quantitative estimate of drug-likeness (QED) is 0.763. The van der Waals surface area contributed by atoms with Crippen molar-refractivity contribution in [1.82, 2.24) is 15.2 Å². The van der Waals surface area contributed by atoms with Crippen molar-refractivity contribution in [3.8, 4) is 0 Å². The molecule has 1 aliphatic heterocycles. The standard InChI is InChI=1S/C12H12N4O4S/c13-10(18)8-2-1-7(5-15-8)11(19)14-3-4-16-9(17)6-21-12(16)20/h1-2,5H,3-4,6H2,(H2,13,18)(H,14,19). The van der Waals surface area contributed by atoms with Gasteiger partial charge in [-0.1, -0.05) is 11.8 Å². The highest BCUT2D eigenvalue weighted by atomic mass is 32.2. The van der Waals surface area contributed by atoms with Crippen LogP contribution in [0, 0.1) is 0 Å². The summed E-state index contributed by atoms with van der Waals surface area (Å²) in [6, 6.07) is 2.77. The summed E-state index contributed by atoms with van der Waals surface area (Å²) >= 11 is 0.944. The average Bonchev–Trinajstić information content (AvgIpc) is 2.79. The molecule has 0 spiro atoms. The number of amides is 4. The van der Waals surface area contributed by atoms with Gasteiger partial charge in [0, 0.05) is 19.3 Å². The van der Waals surface area contributed by atoms with E-state index in [2.05, 4.69) is 10.3 Å². The molecular weight excluding hydrogens is 296 g/mol. The molecule has 0 saturated carbocycles. The number of rotatable bonds is 5. The fourth-order valence-electron chi connectivity index (χ4n) is 1.65. The Morgan fingerprint density at radius 2 is 2.14 bits per heavy atom. The first kappa shape index (κ1) is 15.0. The maximum absolute atomic E-state index is 11.8. The number of nitrogens with two attached hydrogens (primary N) is 1. The molecule has 1 aromatic heterocycles. The Labute approximate surface area is 124 Å². The zero-order valence-electron chi connectivity index (χ0n) is 10.9. The minimum Gasteiger partial charge on any atom is -0.364 e. The van der Waals surface area contributed by atoms with Gasteiger partial charge in [-0.25, -0.2) is 0 Å². The van der Waals surface area contributed by atoms with Gasteiger partial charge in [0.1, 0.15) is 5.69 Å². The van der Waals surface area contributed by atoms with Crippen LogP contribution >= 0.6 is 11.8 Å². The minimum atomic E-state index is -0.675. The van der Waals surface area contributed by atoms with Gasteiger partial charge in [0.05, 0.1) is 11.3 Å². The number of nitrogens with one attached hydrogen (secondary N) is 1. The van der Waals surface area contributed by atoms with Crippen LogP contribution in [-0.4, -0.2) is 51.7 Å². The predicted molar refractivity (Wildman–Crippen MR) is 74.7 cm³/mol. The van der Waals surface area contributed by atoms with Crippen LogP contribution in [0.15, 0.2) is 18.3 Å². The smallest absolute Gasteiger partial charge is 0.288 e. The molecule has 0 radical (unpaired) electrons. The fourth-order valence-corrected chi connectivity index (χ4v) is 2.41. The van der Waals surface area contributed by atoms with E-state index in [9.17, 15) is 19.2 Å². The van der Waals surface area contributed by atoms with Crippen LogP contribution in [0.25, 0.3) is 0 Å². The minimum absolute atomic E-state index is 0.0665. The SMILES string of the molecule is NC(=O)c1ccc(C(=O)NCCN2C(=O)CSC2=O)cn1. The molecule has 110 valence electrons. The van der Waals surface area contributed by atoms with E-state index in [0.717, 1.165) is 16.7 Å². The van der Waals surface area contributed by atoms with Crippen molar-refractivity contribution < 1.29 is 19.2 Å². The lowest BCUT2D eigenvalue weighted by atomic mass is 10.2. The molecule has 0 atom stereocenters. The van der Waals surface area contributed by atoms with Gasteiger partial charge in [0.15, 0.2) is 0 Å². The van der Waals surface area contributed by atoms with Crippen LogP contribution in [0.4, 0.5) is 4.79 Å². The molecule has 0 unspecified atom stereocenters. The van der Waals surface area contributed by atoms with Gasteiger partial charge in [0.2, 0.25) is 5.91 Å². The highest BCUT2D eigenvalue weighted by Crippen LogP contribution is 2.17. The Morgan fingerprint density at radius 1 is 1.38 bits per heavy atom. The van der Waals surface area contributed by atoms with Gasteiger partial charge >= 0.3 is 0 Å². The molecule has 9 heteroatoms. The summed E-state index contributed by atoms with van der Waals surface area (Å²) < 4.78 is 0. The number of nitrogens with zero attached hydrogens (tertiary/aromatic N) is 2. The number of primary amides is 1. The topological polar surface area (TPSA) is 122 Å². The van der Waals surface area contributed by atoms with Crippen molar-refractivity contribution >= 4 is 34.7 Å². The number of carbonyl (C=O) groups is 4. The Kier molecular flexibility index (Phi) is 4.53. The van der Waals surface area contributed by atoms with Crippen molar-refractivity contribution in [1.29, 1.82) is 0 Å². The zero-order chi connectivity index (χ0) is 15.4. The molecule has 2 rings (SSSR count). The number of hydrogen-bond acceptors (Lipinski definition) is 6. The van der Waals surface area contributed by atoms with E-state index >= 15 is 0 Å². The predicted octanol–water partition coefficient (Wildman–Crippen LogP) is -0.394. The molecule has 4 amide bonds. The third-order valence-corrected chi connectivity index (χ3v) is 3.60. The monoisotopic (exact) mass is 308 g/mol. The summed E-state index contributed by atoms with van der Waals surface area (Å²) in [5.41, 5.74) is 5.37. The lowest BCUT2D eigenvalue weighted by molar-refractivity contribution is -0.124. The van der Waals surface area contributed by atoms with E-state index in [-0.39, 0.29) is 41.2 Å². The lowest BCUT2D eigenvalue weighted by Crippen LogP contribution is -2.37. The van der Waals surface area contributed by atoms with Crippen LogP contribution in [0.1, 0.15) is 20.8 Å². The van der Waals surface area contributed by atoms with Crippen LogP contribution < -0.4 is 11.1 Å². The van der Waals surface area contributed by atoms with Crippen molar-refractivity contribution in [3.05, 3.63) is 29.6 Å². The van der Waals surface area contributed by atoms with Crippen molar-refractivity contribution in [3.63, 3.8) is 0 Å². The van der Waals surface area contributed by atoms with Gasteiger partial charge in [-0.2, -0.15) is 0 Å². The van der Waals surface area contributed by atoms with Gasteiger partial charge < -0.3 is 11.1 Å². The van der Waals surface area contributed by atoms with Crippen LogP contribution in [0.2, 0.25) is 0 Å². The Hall–Kier alpha value is -2.42. The van der Waals surface area contributed by atoms with E-state index in [1.807, 2.05) is 0 Å². The summed E-state index contributed by atoms with van der Waals surface area (Å²) in [7, 11) is 0. The van der Waals surface area contributed by atoms with Crippen molar-refractivity contribution in [2.75, 3.05) is 18.8 Å². The van der Waals surface area contributed by atoms with Gasteiger partial charge in [-0.15, -0.1) is 0 Å².